The van der Waals surface area contributed by atoms with Gasteiger partial charge in [-0.2, -0.15) is 0 Å². The molecule has 12 heteroatoms. The maximum atomic E-state index is 12.5. The largest absolute Gasteiger partial charge is 0.481 e. The fourth-order valence-corrected chi connectivity index (χ4v) is 3.67. The number of rotatable bonds is 10. The first-order valence-corrected chi connectivity index (χ1v) is 11.0. The summed E-state index contributed by atoms with van der Waals surface area (Å²) in [5.41, 5.74) is 1.27. The molecule has 0 aliphatic carbocycles. The third-order valence-corrected chi connectivity index (χ3v) is 5.69. The van der Waals surface area contributed by atoms with E-state index >= 15 is 0 Å². The number of nitrogens with one attached hydrogen (secondary N) is 1. The van der Waals surface area contributed by atoms with E-state index in [9.17, 15) is 39.9 Å². The number of hydrogen-bond donors (Lipinski definition) is 7. The second kappa shape index (κ2) is 11.9. The molecule has 0 bridgehead atoms. The number of hydrogen-bond acceptors (Lipinski definition) is 9. The number of para-hydroxylation sites is 1. The molecular formula is C24H27NO11. The third-order valence-electron chi connectivity index (χ3n) is 5.69. The molecule has 0 spiro atoms. The Hall–Kier alpha value is -3.55. The second-order valence-corrected chi connectivity index (χ2v) is 8.19. The van der Waals surface area contributed by atoms with E-state index in [-0.39, 0.29) is 17.7 Å². The van der Waals surface area contributed by atoms with Crippen LogP contribution in [-0.2, 0) is 14.3 Å². The monoisotopic (exact) mass is 505 g/mol. The summed E-state index contributed by atoms with van der Waals surface area (Å²) >= 11 is 0. The normalized spacial score (nSPS) is 24.5. The summed E-state index contributed by atoms with van der Waals surface area (Å²) in [5, 5.41) is 59.8. The Morgan fingerprint density at radius 2 is 1.61 bits per heavy atom. The van der Waals surface area contributed by atoms with Gasteiger partial charge in [0.2, 0.25) is 6.29 Å². The van der Waals surface area contributed by atoms with Gasteiger partial charge in [0.05, 0.1) is 6.61 Å². The van der Waals surface area contributed by atoms with E-state index in [1.165, 1.54) is 12.1 Å². The van der Waals surface area contributed by atoms with E-state index in [1.807, 2.05) is 0 Å². The lowest BCUT2D eigenvalue weighted by molar-refractivity contribution is -0.277. The third kappa shape index (κ3) is 6.36. The lowest BCUT2D eigenvalue weighted by Gasteiger charge is -2.39. The fourth-order valence-electron chi connectivity index (χ4n) is 3.67. The van der Waals surface area contributed by atoms with Crippen LogP contribution in [-0.4, -0.2) is 91.8 Å². The lowest BCUT2D eigenvalue weighted by atomic mass is 9.99. The van der Waals surface area contributed by atoms with Crippen LogP contribution in [0.25, 0.3) is 11.1 Å². The molecule has 6 atom stereocenters. The van der Waals surface area contributed by atoms with Crippen molar-refractivity contribution in [3.05, 3.63) is 54.1 Å². The van der Waals surface area contributed by atoms with Crippen LogP contribution in [0.4, 0.5) is 0 Å². The van der Waals surface area contributed by atoms with Crippen LogP contribution in [0.1, 0.15) is 23.2 Å². The molecule has 1 saturated heterocycles. The Balaban J connectivity index is 1.75. The Labute approximate surface area is 205 Å². The van der Waals surface area contributed by atoms with Gasteiger partial charge < -0.3 is 45.4 Å². The number of amides is 1. The van der Waals surface area contributed by atoms with Crippen molar-refractivity contribution in [3.63, 3.8) is 0 Å². The van der Waals surface area contributed by atoms with E-state index in [0.717, 1.165) is 0 Å². The van der Waals surface area contributed by atoms with E-state index < -0.39 is 67.6 Å². The zero-order valence-electron chi connectivity index (χ0n) is 18.9. The number of aliphatic hydroxyl groups is 4. The number of benzene rings is 2. The number of ether oxygens (including phenoxy) is 2. The minimum atomic E-state index is -1.60. The standard InChI is InChI=1S/C24H27NO11/c26-11-17-19(29)20(30)21(31)24(36-17)35-16-4-2-1-3-14(16)12-5-7-13(8-6-12)22(32)25-15(23(33)34)9-10-18(27)28/h1-8,15,17,19-21,24,26,29-31H,9-11H2,(H,25,32)(H,27,28)(H,33,34)/t15?,17-,19-,20-,21+,24+/m1/s1. The fraction of sp³-hybridized carbons (Fsp3) is 0.375. The van der Waals surface area contributed by atoms with Crippen LogP contribution in [0.5, 0.6) is 5.75 Å². The van der Waals surface area contributed by atoms with Crippen LogP contribution in [0, 0.1) is 0 Å². The number of carboxylic acids is 2. The van der Waals surface area contributed by atoms with Crippen molar-refractivity contribution in [1.29, 1.82) is 0 Å². The topological polar surface area (TPSA) is 203 Å². The molecule has 1 aliphatic rings. The van der Waals surface area contributed by atoms with Crippen LogP contribution in [0.3, 0.4) is 0 Å². The summed E-state index contributed by atoms with van der Waals surface area (Å²) in [6, 6.07) is 11.4. The number of carbonyl (C=O) groups excluding carboxylic acids is 1. The summed E-state index contributed by atoms with van der Waals surface area (Å²) < 4.78 is 11.2. The van der Waals surface area contributed by atoms with E-state index in [2.05, 4.69) is 5.32 Å². The molecule has 1 fully saturated rings. The molecule has 7 N–H and O–H groups in total. The summed E-state index contributed by atoms with van der Waals surface area (Å²) in [6.07, 6.45) is -7.92. The van der Waals surface area contributed by atoms with Crippen LogP contribution in [0.2, 0.25) is 0 Å². The van der Waals surface area contributed by atoms with Crippen LogP contribution in [0.15, 0.2) is 48.5 Å². The van der Waals surface area contributed by atoms with E-state index in [1.54, 1.807) is 36.4 Å². The minimum Gasteiger partial charge on any atom is -0.481 e. The molecule has 0 saturated carbocycles. The van der Waals surface area contributed by atoms with Crippen molar-refractivity contribution >= 4 is 17.8 Å². The molecular weight excluding hydrogens is 478 g/mol. The highest BCUT2D eigenvalue weighted by atomic mass is 16.7. The van der Waals surface area contributed by atoms with Gasteiger partial charge >= 0.3 is 11.9 Å². The van der Waals surface area contributed by atoms with Gasteiger partial charge in [-0.15, -0.1) is 0 Å². The van der Waals surface area contributed by atoms with Crippen molar-refractivity contribution in [3.8, 4) is 16.9 Å². The number of aliphatic carboxylic acids is 2. The van der Waals surface area contributed by atoms with Gasteiger partial charge in [-0.25, -0.2) is 4.79 Å². The number of carbonyl (C=O) groups is 3. The molecule has 1 amide bonds. The predicted octanol–water partition coefficient (Wildman–Crippen LogP) is -0.420. The van der Waals surface area contributed by atoms with Crippen molar-refractivity contribution in [2.45, 2.75) is 49.6 Å². The van der Waals surface area contributed by atoms with Gasteiger partial charge in [-0.3, -0.25) is 9.59 Å². The molecule has 2 aromatic rings. The molecule has 0 aromatic heterocycles. The first kappa shape index (κ1) is 27.0. The van der Waals surface area contributed by atoms with E-state index in [0.29, 0.717) is 11.1 Å². The first-order valence-electron chi connectivity index (χ1n) is 11.0. The summed E-state index contributed by atoms with van der Waals surface area (Å²) in [7, 11) is 0. The van der Waals surface area contributed by atoms with E-state index in [4.69, 9.17) is 14.6 Å². The smallest absolute Gasteiger partial charge is 0.326 e. The predicted molar refractivity (Wildman–Crippen MR) is 122 cm³/mol. The highest BCUT2D eigenvalue weighted by molar-refractivity contribution is 5.97. The summed E-state index contributed by atoms with van der Waals surface area (Å²) in [5.74, 6) is -2.96. The maximum absolute atomic E-state index is 12.5. The van der Waals surface area contributed by atoms with Gasteiger partial charge in [0.25, 0.3) is 5.91 Å². The number of aliphatic hydroxyl groups excluding tert-OH is 4. The molecule has 2 aromatic carbocycles. The Morgan fingerprint density at radius 3 is 2.22 bits per heavy atom. The van der Waals surface area contributed by atoms with Gasteiger partial charge in [-0.05, 0) is 30.2 Å². The molecule has 194 valence electrons. The summed E-state index contributed by atoms with van der Waals surface area (Å²) in [6.45, 7) is -0.602. The van der Waals surface area contributed by atoms with Crippen LogP contribution < -0.4 is 10.1 Å². The molecule has 12 nitrogen and oxygen atoms in total. The molecule has 1 heterocycles. The highest BCUT2D eigenvalue weighted by Gasteiger charge is 2.44. The zero-order valence-corrected chi connectivity index (χ0v) is 18.9. The second-order valence-electron chi connectivity index (χ2n) is 8.19. The zero-order chi connectivity index (χ0) is 26.4. The van der Waals surface area contributed by atoms with Crippen molar-refractivity contribution in [2.75, 3.05) is 6.61 Å². The van der Waals surface area contributed by atoms with Gasteiger partial charge in [-0.1, -0.05) is 30.3 Å². The molecule has 0 radical (unpaired) electrons. The first-order chi connectivity index (χ1) is 17.1. The lowest BCUT2D eigenvalue weighted by Crippen LogP contribution is -2.60. The average Bonchev–Trinajstić information content (AvgIpc) is 2.86. The average molecular weight is 505 g/mol. The Bertz CT molecular complexity index is 1070. The molecule has 3 rings (SSSR count). The highest BCUT2D eigenvalue weighted by Crippen LogP contribution is 2.33. The Morgan fingerprint density at radius 1 is 0.944 bits per heavy atom. The Kier molecular flexibility index (Phi) is 8.96. The van der Waals surface area contributed by atoms with Crippen LogP contribution >= 0.6 is 0 Å². The van der Waals surface area contributed by atoms with Crippen molar-refractivity contribution in [1.82, 2.24) is 5.32 Å². The maximum Gasteiger partial charge on any atom is 0.326 e. The molecule has 1 aliphatic heterocycles. The van der Waals surface area contributed by atoms with Gasteiger partial charge in [0, 0.05) is 17.5 Å². The van der Waals surface area contributed by atoms with Crippen molar-refractivity contribution < 1.29 is 54.5 Å². The summed E-state index contributed by atoms with van der Waals surface area (Å²) in [4.78, 5) is 34.5. The van der Waals surface area contributed by atoms with Crippen molar-refractivity contribution in [2.24, 2.45) is 0 Å². The SMILES string of the molecule is O=C(O)CCC(NC(=O)c1ccc(-c2ccccc2O[C@H]2O[C@H](CO)[C@@H](O)[C@@H](O)[C@@H]2O)cc1)C(=O)O. The quantitative estimate of drug-likeness (QED) is 0.221. The van der Waals surface area contributed by atoms with Gasteiger partial charge in [0.15, 0.2) is 0 Å². The number of carboxylic acid groups (broad SMARTS) is 2. The molecule has 36 heavy (non-hydrogen) atoms. The van der Waals surface area contributed by atoms with Gasteiger partial charge in [0.1, 0.15) is 36.2 Å². The minimum absolute atomic E-state index is 0.146. The molecule has 1 unspecified atom stereocenters.